The summed E-state index contributed by atoms with van der Waals surface area (Å²) in [5.74, 6) is -2.66. The van der Waals surface area contributed by atoms with Crippen molar-refractivity contribution in [3.63, 3.8) is 0 Å². The van der Waals surface area contributed by atoms with Crippen molar-refractivity contribution in [2.45, 2.75) is 44.9 Å². The van der Waals surface area contributed by atoms with Crippen molar-refractivity contribution in [3.05, 3.63) is 108 Å². The average Bonchev–Trinajstić information content (AvgIpc) is 3.35. The Morgan fingerprint density at radius 2 is 1.60 bits per heavy atom. The minimum Gasteiger partial charge on any atom is -0.481 e. The first-order valence-corrected chi connectivity index (χ1v) is 14.4. The molecule has 1 aromatic heterocycles. The molecule has 0 unspecified atom stereocenters. The standard InChI is InChI=1S/C35H35FN2O7/c1-21(2)38-29(17-16-27(39)19-28(40)20-30(41)42)31(23-12-14-25(36)15-13-23)32(22-8-5-4-6-9-22)33(38)34(43)37-26-11-7-10-24(18-26)35(44)45-3/h4-18,21,27-28,39-40H,19-20H2,1-3H3,(H,37,43)(H,41,42)/t27-,28-/m0/s1. The Hall–Kier alpha value is -5.06. The predicted molar refractivity (Wildman–Crippen MR) is 169 cm³/mol. The number of aliphatic hydroxyl groups excluding tert-OH is 2. The molecule has 0 fully saturated rings. The molecule has 0 spiro atoms. The first-order valence-electron chi connectivity index (χ1n) is 14.4. The lowest BCUT2D eigenvalue weighted by atomic mass is 9.94. The zero-order valence-electron chi connectivity index (χ0n) is 25.1. The molecule has 2 atom stereocenters. The van der Waals surface area contributed by atoms with E-state index in [1.165, 1.54) is 31.4 Å². The van der Waals surface area contributed by atoms with Gasteiger partial charge in [-0.3, -0.25) is 9.59 Å². The fraction of sp³-hybridized carbons (Fsp3) is 0.229. The van der Waals surface area contributed by atoms with Crippen LogP contribution in [-0.4, -0.2) is 57.1 Å². The van der Waals surface area contributed by atoms with Gasteiger partial charge in [-0.15, -0.1) is 0 Å². The largest absolute Gasteiger partial charge is 0.481 e. The van der Waals surface area contributed by atoms with Crippen molar-refractivity contribution in [1.29, 1.82) is 0 Å². The number of esters is 1. The molecule has 0 bridgehead atoms. The Kier molecular flexibility index (Phi) is 10.7. The highest BCUT2D eigenvalue weighted by Gasteiger charge is 2.29. The molecule has 9 nitrogen and oxygen atoms in total. The van der Waals surface area contributed by atoms with Crippen LogP contribution < -0.4 is 5.32 Å². The monoisotopic (exact) mass is 614 g/mol. The van der Waals surface area contributed by atoms with Crippen LogP contribution in [0.25, 0.3) is 28.3 Å². The number of carboxylic acid groups (broad SMARTS) is 1. The second kappa shape index (κ2) is 14.6. The number of halogens is 1. The van der Waals surface area contributed by atoms with Gasteiger partial charge in [0.05, 0.1) is 31.3 Å². The number of methoxy groups -OCH3 is 1. The van der Waals surface area contributed by atoms with E-state index in [-0.39, 0.29) is 23.7 Å². The van der Waals surface area contributed by atoms with Gasteiger partial charge in [0.25, 0.3) is 5.91 Å². The number of anilines is 1. The third-order valence-corrected chi connectivity index (χ3v) is 7.11. The molecule has 0 aliphatic carbocycles. The first-order chi connectivity index (χ1) is 21.5. The second-order valence-corrected chi connectivity index (χ2v) is 10.8. The maximum Gasteiger partial charge on any atom is 0.337 e. The minimum absolute atomic E-state index is 0.216. The van der Waals surface area contributed by atoms with E-state index in [0.717, 1.165) is 0 Å². The van der Waals surface area contributed by atoms with Crippen molar-refractivity contribution < 1.29 is 38.8 Å². The number of nitrogens with one attached hydrogen (secondary N) is 1. The van der Waals surface area contributed by atoms with E-state index in [2.05, 4.69) is 5.32 Å². The van der Waals surface area contributed by atoms with Crippen LogP contribution in [0.3, 0.4) is 0 Å². The SMILES string of the molecule is COC(=O)c1cccc(NC(=O)c2c(-c3ccccc3)c(-c3ccc(F)cc3)c(C=C[C@H](O)C[C@H](O)CC(=O)O)n2C(C)C)c1. The summed E-state index contributed by atoms with van der Waals surface area (Å²) in [6.45, 7) is 3.78. The highest BCUT2D eigenvalue weighted by atomic mass is 19.1. The number of carbonyl (C=O) groups excluding carboxylic acids is 2. The zero-order chi connectivity index (χ0) is 32.7. The Labute approximate surface area is 260 Å². The van der Waals surface area contributed by atoms with Gasteiger partial charge in [0.15, 0.2) is 0 Å². The summed E-state index contributed by atoms with van der Waals surface area (Å²) in [4.78, 5) is 37.4. The maximum absolute atomic E-state index is 14.3. The van der Waals surface area contributed by atoms with Crippen LogP contribution >= 0.6 is 0 Å². The molecule has 1 amide bonds. The van der Waals surface area contributed by atoms with E-state index < -0.39 is 42.3 Å². The third-order valence-electron chi connectivity index (χ3n) is 7.11. The number of rotatable bonds is 12. The smallest absolute Gasteiger partial charge is 0.337 e. The number of aliphatic carboxylic acids is 1. The number of carbonyl (C=O) groups is 3. The number of hydrogen-bond acceptors (Lipinski definition) is 6. The molecule has 0 aliphatic heterocycles. The van der Waals surface area contributed by atoms with E-state index in [9.17, 15) is 29.0 Å². The van der Waals surface area contributed by atoms with Crippen LogP contribution in [0, 0.1) is 5.82 Å². The number of aromatic nitrogens is 1. The Bertz CT molecular complexity index is 1700. The summed E-state index contributed by atoms with van der Waals surface area (Å²) < 4.78 is 20.7. The highest BCUT2D eigenvalue weighted by molar-refractivity contribution is 6.12. The normalized spacial score (nSPS) is 12.7. The summed E-state index contributed by atoms with van der Waals surface area (Å²) in [6.07, 6.45) is -0.146. The zero-order valence-corrected chi connectivity index (χ0v) is 25.1. The van der Waals surface area contributed by atoms with Gasteiger partial charge in [-0.2, -0.15) is 0 Å². The van der Waals surface area contributed by atoms with Crippen LogP contribution in [0.1, 0.15) is 59.3 Å². The number of amides is 1. The molecular formula is C35H35FN2O7. The number of ether oxygens (including phenoxy) is 1. The molecule has 10 heteroatoms. The van der Waals surface area contributed by atoms with E-state index in [1.807, 2.05) is 44.2 Å². The Morgan fingerprint density at radius 1 is 0.933 bits per heavy atom. The van der Waals surface area contributed by atoms with E-state index >= 15 is 0 Å². The topological polar surface area (TPSA) is 138 Å². The van der Waals surface area contributed by atoms with Gasteiger partial charge in [-0.1, -0.05) is 54.6 Å². The fourth-order valence-electron chi connectivity index (χ4n) is 5.20. The van der Waals surface area contributed by atoms with Crippen molar-refractivity contribution >= 4 is 29.6 Å². The van der Waals surface area contributed by atoms with Crippen LogP contribution in [0.2, 0.25) is 0 Å². The summed E-state index contributed by atoms with van der Waals surface area (Å²) in [5, 5.41) is 32.7. The molecule has 234 valence electrons. The lowest BCUT2D eigenvalue weighted by Gasteiger charge is -2.17. The van der Waals surface area contributed by atoms with Gasteiger partial charge in [-0.05, 0) is 61.4 Å². The van der Waals surface area contributed by atoms with Crippen LogP contribution in [-0.2, 0) is 9.53 Å². The molecule has 4 aromatic rings. The molecule has 1 heterocycles. The lowest BCUT2D eigenvalue weighted by molar-refractivity contribution is -0.139. The van der Waals surface area contributed by atoms with Gasteiger partial charge < -0.3 is 29.9 Å². The van der Waals surface area contributed by atoms with Crippen LogP contribution in [0.5, 0.6) is 0 Å². The predicted octanol–water partition coefficient (Wildman–Crippen LogP) is 6.18. The molecule has 0 saturated heterocycles. The molecule has 4 N–H and O–H groups in total. The van der Waals surface area contributed by atoms with Gasteiger partial charge in [0.2, 0.25) is 0 Å². The number of aliphatic hydroxyl groups is 2. The highest BCUT2D eigenvalue weighted by Crippen LogP contribution is 2.43. The summed E-state index contributed by atoms with van der Waals surface area (Å²) >= 11 is 0. The van der Waals surface area contributed by atoms with Gasteiger partial charge >= 0.3 is 11.9 Å². The van der Waals surface area contributed by atoms with Crippen LogP contribution in [0.15, 0.2) is 84.9 Å². The van der Waals surface area contributed by atoms with E-state index in [1.54, 1.807) is 41.0 Å². The molecule has 4 rings (SSSR count). The minimum atomic E-state index is -1.27. The second-order valence-electron chi connectivity index (χ2n) is 10.8. The summed E-state index contributed by atoms with van der Waals surface area (Å²) in [5.41, 5.74) is 3.88. The van der Waals surface area contributed by atoms with Crippen molar-refractivity contribution in [1.82, 2.24) is 4.57 Å². The average molecular weight is 615 g/mol. The Balaban J connectivity index is 1.95. The quantitative estimate of drug-likeness (QED) is 0.140. The van der Waals surface area contributed by atoms with E-state index in [0.29, 0.717) is 33.6 Å². The third kappa shape index (κ3) is 7.91. The molecule has 3 aromatic carbocycles. The Morgan fingerprint density at radius 3 is 2.22 bits per heavy atom. The number of hydrogen-bond donors (Lipinski definition) is 4. The van der Waals surface area contributed by atoms with Crippen molar-refractivity contribution in [2.24, 2.45) is 0 Å². The lowest BCUT2D eigenvalue weighted by Crippen LogP contribution is -2.20. The number of nitrogens with zero attached hydrogens (tertiary/aromatic N) is 1. The first kappa shape index (κ1) is 32.8. The molecule has 0 saturated carbocycles. The number of carboxylic acids is 1. The molecular weight excluding hydrogens is 579 g/mol. The van der Waals surface area contributed by atoms with Gasteiger partial charge in [0, 0.05) is 35.0 Å². The maximum atomic E-state index is 14.3. The number of benzene rings is 3. The van der Waals surface area contributed by atoms with Crippen molar-refractivity contribution in [2.75, 3.05) is 12.4 Å². The molecule has 45 heavy (non-hydrogen) atoms. The van der Waals surface area contributed by atoms with Crippen molar-refractivity contribution in [3.8, 4) is 22.3 Å². The van der Waals surface area contributed by atoms with Crippen LogP contribution in [0.4, 0.5) is 10.1 Å². The van der Waals surface area contributed by atoms with Gasteiger partial charge in [0.1, 0.15) is 11.5 Å². The van der Waals surface area contributed by atoms with E-state index in [4.69, 9.17) is 9.84 Å². The fourth-order valence-corrected chi connectivity index (χ4v) is 5.20. The molecule has 0 radical (unpaired) electrons. The van der Waals surface area contributed by atoms with Gasteiger partial charge in [-0.25, -0.2) is 9.18 Å². The summed E-state index contributed by atoms with van der Waals surface area (Å²) in [6, 6.07) is 21.1. The molecule has 0 aliphatic rings. The summed E-state index contributed by atoms with van der Waals surface area (Å²) in [7, 11) is 1.27.